The van der Waals surface area contributed by atoms with Crippen LogP contribution in [0.25, 0.3) is 0 Å². The number of aromatic nitrogens is 3. The van der Waals surface area contributed by atoms with Crippen molar-refractivity contribution in [3.05, 3.63) is 0 Å². The van der Waals surface area contributed by atoms with E-state index in [0.29, 0.717) is 236 Å². The Morgan fingerprint density at radius 1 is 0.460 bits per heavy atom. The summed E-state index contributed by atoms with van der Waals surface area (Å²) < 4.78 is 87.7. The summed E-state index contributed by atoms with van der Waals surface area (Å²) in [5, 5.41) is 37.5. The number of ether oxygens (including phenoxy) is 2. The van der Waals surface area contributed by atoms with Crippen molar-refractivity contribution in [1.82, 2.24) is 84.1 Å². The van der Waals surface area contributed by atoms with Crippen LogP contribution in [0.5, 0.6) is 0 Å². The van der Waals surface area contributed by atoms with Gasteiger partial charge in [-0.1, -0.05) is 32.1 Å². The van der Waals surface area contributed by atoms with Gasteiger partial charge in [0.2, 0.25) is 71.0 Å². The van der Waals surface area contributed by atoms with Gasteiger partial charge in [-0.25, -0.2) is 9.59 Å². The third-order valence-electron chi connectivity index (χ3n) is 23.3. The molecule has 0 spiro atoms. The van der Waals surface area contributed by atoms with Gasteiger partial charge in [0.05, 0.1) is 68.3 Å². The number of piperidine rings is 3. The van der Waals surface area contributed by atoms with Gasteiger partial charge in [0.15, 0.2) is 0 Å². The standard InChI is InChI=1S/C80H137N19O22S4Si/c1-4-120-126(3,121-5-2)50-17-14-19-58(100)20-18-44-118-46-47-119-45-35-85-73(107)55-27-38-97(39-28-55)76-94-77(98-40-29-56(30-41-98)86-74(108)59(51-69(105)83-36-48-124(112,113)114)88-67(103)25-8-6-15-33-81-65(101)23-12-10-21-63-71-61(53-122-63)90-79(110)92-71)96-78(95-76)99-42-31-57(32-43-99)87-75(109)60(52-70(106)84-37-49-125(115,116)117)89-68(104)26-9-7-16-34-82-66(102)24-13-11-22-64-72-62(54-123-64)91-80(111)93-72/h55-57,59-64,71-72H,4-54H2,1-3H3,(H,81,101)(H,82,102)(H,83,105)(H,84,106)(H,85,107)(H,86,108)(H,87,109)(H,88,103)(H,89,104)(H2,90,92,110)(H2,91,93,111)(H,112,113,114)(H,115,116,117). The Morgan fingerprint density at radius 3 is 1.29 bits per heavy atom. The molecule has 0 aromatic carbocycles. The summed E-state index contributed by atoms with van der Waals surface area (Å²) in [4.78, 5) is 177. The number of fused-ring (bicyclic) bond motifs is 2. The van der Waals surface area contributed by atoms with Crippen LogP contribution in [-0.2, 0) is 86.5 Å². The summed E-state index contributed by atoms with van der Waals surface area (Å²) in [5.41, 5.74) is 0. The highest BCUT2D eigenvalue weighted by Crippen LogP contribution is 2.35. The molecule has 7 aliphatic rings. The first kappa shape index (κ1) is 104. The predicted octanol–water partition coefficient (Wildman–Crippen LogP) is 1.63. The van der Waals surface area contributed by atoms with E-state index in [1.165, 1.54) is 0 Å². The average Bonchev–Trinajstić information content (AvgIpc) is 1.02. The normalized spacial score (nSPS) is 20.3. The summed E-state index contributed by atoms with van der Waals surface area (Å²) in [5.74, 6) is -3.02. The maximum absolute atomic E-state index is 14.2. The zero-order valence-corrected chi connectivity index (χ0v) is 77.6. The minimum Gasteiger partial charge on any atom is -0.395 e. The number of rotatable bonds is 61. The number of Topliss-reactive ketones (excluding diaryl/α,β-unsaturated/α-hetero) is 1. The fourth-order valence-electron chi connectivity index (χ4n) is 16.4. The number of thioether (sulfide) groups is 2. The largest absolute Gasteiger partial charge is 0.395 e. The number of nitrogens with one attached hydrogen (secondary N) is 13. The van der Waals surface area contributed by atoms with Crippen molar-refractivity contribution in [3.63, 3.8) is 0 Å². The number of anilines is 3. The molecule has 46 heteroatoms. The van der Waals surface area contributed by atoms with Gasteiger partial charge < -0.3 is 102 Å². The average molecular weight is 1870 g/mol. The number of nitrogens with zero attached hydrogens (tertiary/aromatic N) is 6. The maximum atomic E-state index is 14.2. The van der Waals surface area contributed by atoms with Crippen molar-refractivity contribution >= 4 is 141 Å². The molecule has 8 atom stereocenters. The molecule has 1 aromatic heterocycles. The Kier molecular flexibility index (Phi) is 45.1. The SMILES string of the molecule is CCO[Si](C)(CCCCC(=O)CCCOCCOCCNC(=O)C1CCN(c2nc(N3CCC(NC(=O)C(CC(=O)NCCS(=O)(=O)O)NC(=O)CCCCCNC(=O)CCCCC4SCC5NC(=O)NC54)CC3)nc(N3CCC(NC(=O)C(CC(=O)NCCS(=O)(=O)O)NC(=O)CCCCCNC(=O)CCCCC4SCC5NC(=O)NC54)CC3)n2)CC1)OCC. The van der Waals surface area contributed by atoms with Crippen LogP contribution in [0.1, 0.15) is 200 Å². The summed E-state index contributed by atoms with van der Waals surface area (Å²) in [6.07, 6.45) is 13.4. The van der Waals surface area contributed by atoms with E-state index in [0.717, 1.165) is 56.1 Å². The molecule has 0 saturated carbocycles. The third kappa shape index (κ3) is 39.0. The molecule has 0 bridgehead atoms. The van der Waals surface area contributed by atoms with Crippen molar-refractivity contribution in [2.24, 2.45) is 5.92 Å². The smallest absolute Gasteiger partial charge is 0.334 e. The number of hydrogen-bond donors (Lipinski definition) is 15. The fraction of sp³-hybridized carbons (Fsp3) is 0.812. The first-order valence-corrected chi connectivity index (χ1v) is 53.0. The van der Waals surface area contributed by atoms with E-state index in [1.54, 1.807) is 0 Å². The number of unbranched alkanes of at least 4 members (excludes halogenated alkanes) is 7. The van der Waals surface area contributed by atoms with Crippen LogP contribution in [0.4, 0.5) is 27.4 Å². The molecule has 15 N–H and O–H groups in total. The third-order valence-corrected chi connectivity index (χ3v) is 30.8. The summed E-state index contributed by atoms with van der Waals surface area (Å²) in [6.45, 7) is 10.9. The van der Waals surface area contributed by atoms with E-state index in [4.69, 9.17) is 33.3 Å². The van der Waals surface area contributed by atoms with Crippen LogP contribution in [-0.4, -0.2) is 314 Å². The minimum atomic E-state index is -4.43. The second kappa shape index (κ2) is 54.8. The maximum Gasteiger partial charge on any atom is 0.334 e. The lowest BCUT2D eigenvalue weighted by atomic mass is 9.96. The molecule has 0 radical (unpaired) electrons. The summed E-state index contributed by atoms with van der Waals surface area (Å²) in [7, 11) is -11.1. The summed E-state index contributed by atoms with van der Waals surface area (Å²) in [6, 6.07) is -2.57. The van der Waals surface area contributed by atoms with E-state index in [1.807, 2.05) is 52.1 Å². The first-order valence-electron chi connectivity index (χ1n) is 45.2. The topological polar surface area (TPSA) is 555 Å². The molecule has 8 unspecified atom stereocenters. The predicted molar refractivity (Wildman–Crippen MR) is 477 cm³/mol. The molecule has 1 aromatic rings. The van der Waals surface area contributed by atoms with Gasteiger partial charge in [0.25, 0.3) is 20.2 Å². The zero-order chi connectivity index (χ0) is 90.9. The van der Waals surface area contributed by atoms with Gasteiger partial charge in [-0.2, -0.15) is 55.3 Å². The molecular weight excluding hydrogens is 1740 g/mol. The molecule has 13 amide bonds. The number of hydrogen-bond acceptors (Lipinski definition) is 28. The van der Waals surface area contributed by atoms with Gasteiger partial charge in [0.1, 0.15) is 17.9 Å². The quantitative estimate of drug-likeness (QED) is 0.0191. The van der Waals surface area contributed by atoms with Crippen molar-refractivity contribution in [2.45, 2.75) is 271 Å². The molecule has 41 nitrogen and oxygen atoms in total. The highest BCUT2D eigenvalue weighted by atomic mass is 32.2. The van der Waals surface area contributed by atoms with Gasteiger partial charge >= 0.3 is 20.6 Å². The van der Waals surface area contributed by atoms with Crippen molar-refractivity contribution in [1.29, 1.82) is 0 Å². The Labute approximate surface area is 749 Å². The van der Waals surface area contributed by atoms with Crippen molar-refractivity contribution in [2.75, 3.05) is 149 Å². The van der Waals surface area contributed by atoms with Gasteiger partial charge in [-0.15, -0.1) is 0 Å². The van der Waals surface area contributed by atoms with Crippen molar-refractivity contribution in [3.8, 4) is 0 Å². The van der Waals surface area contributed by atoms with Crippen LogP contribution < -0.4 is 83.8 Å². The van der Waals surface area contributed by atoms with Crippen LogP contribution in [0, 0.1) is 5.92 Å². The van der Waals surface area contributed by atoms with E-state index in [2.05, 4.69) is 75.7 Å². The Bertz CT molecular complexity index is 3730. The molecule has 8 rings (SSSR count). The zero-order valence-electron chi connectivity index (χ0n) is 73.3. The highest BCUT2D eigenvalue weighted by molar-refractivity contribution is 8.00. The second-order valence-corrected chi connectivity index (χ2v) is 42.4. The molecule has 712 valence electrons. The lowest BCUT2D eigenvalue weighted by Gasteiger charge is -2.36. The molecule has 7 aliphatic heterocycles. The van der Waals surface area contributed by atoms with Crippen LogP contribution in [0.2, 0.25) is 12.6 Å². The van der Waals surface area contributed by atoms with Gasteiger partial charge in [-0.05, 0) is 129 Å². The summed E-state index contributed by atoms with van der Waals surface area (Å²) >= 11 is 3.66. The fourth-order valence-corrected chi connectivity index (χ4v) is 22.7. The van der Waals surface area contributed by atoms with E-state index >= 15 is 0 Å². The van der Waals surface area contributed by atoms with Crippen LogP contribution >= 0.6 is 23.5 Å². The Hall–Kier alpha value is -7.57. The lowest BCUT2D eigenvalue weighted by Crippen LogP contribution is -2.54. The van der Waals surface area contributed by atoms with Crippen LogP contribution in [0.3, 0.4) is 0 Å². The van der Waals surface area contributed by atoms with Crippen molar-refractivity contribution < 1.29 is 102 Å². The lowest BCUT2D eigenvalue weighted by molar-refractivity contribution is -0.132. The molecular formula is C80H137N19O22S4Si. The molecule has 7 fully saturated rings. The number of ketones is 1. The Balaban J connectivity index is 0.820. The number of amides is 13. The second-order valence-electron chi connectivity index (χ2n) is 33.4. The van der Waals surface area contributed by atoms with Gasteiger partial charge in [0, 0.05) is 170 Å². The van der Waals surface area contributed by atoms with Gasteiger partial charge in [-0.3, -0.25) is 57.1 Å². The Morgan fingerprint density at radius 2 is 0.857 bits per heavy atom. The number of carbonyl (C=O) groups excluding carboxylic acids is 12. The molecule has 126 heavy (non-hydrogen) atoms. The van der Waals surface area contributed by atoms with E-state index in [-0.39, 0.29) is 91.6 Å². The molecule has 8 heterocycles. The first-order chi connectivity index (χ1) is 60.4. The molecule has 0 aliphatic carbocycles. The van der Waals surface area contributed by atoms with E-state index in [9.17, 15) is 83.5 Å². The van der Waals surface area contributed by atoms with Crippen LogP contribution in [0.15, 0.2) is 0 Å². The van der Waals surface area contributed by atoms with E-state index < -0.39 is 126 Å². The highest BCUT2D eigenvalue weighted by Gasteiger charge is 2.44. The minimum absolute atomic E-state index is 0.00284. The number of urea groups is 2. The number of carbonyl (C=O) groups is 12. The monoisotopic (exact) mass is 1870 g/mol. The molecule has 7 saturated heterocycles.